The van der Waals surface area contributed by atoms with Crippen molar-refractivity contribution < 1.29 is 0 Å². The third-order valence-corrected chi connectivity index (χ3v) is 1.78. The standard InChI is InChI=1S/C10H20N2/c1-8(2)7-10(11-5)12(6)9(3)4/h7,9H,1-6H3/b11-10-. The molecule has 0 aromatic carbocycles. The van der Waals surface area contributed by atoms with E-state index in [4.69, 9.17) is 0 Å². The first-order valence-electron chi connectivity index (χ1n) is 4.33. The fraction of sp³-hybridized carbons (Fsp3) is 0.700. The van der Waals surface area contributed by atoms with Crippen molar-refractivity contribution in [2.24, 2.45) is 4.99 Å². The van der Waals surface area contributed by atoms with Crippen molar-refractivity contribution in [3.63, 3.8) is 0 Å². The van der Waals surface area contributed by atoms with E-state index < -0.39 is 0 Å². The average molecular weight is 168 g/mol. The van der Waals surface area contributed by atoms with Crippen molar-refractivity contribution in [2.45, 2.75) is 33.7 Å². The summed E-state index contributed by atoms with van der Waals surface area (Å²) >= 11 is 0. The van der Waals surface area contributed by atoms with Gasteiger partial charge in [-0.15, -0.1) is 0 Å². The number of rotatable bonds is 2. The average Bonchev–Trinajstić information content (AvgIpc) is 1.98. The van der Waals surface area contributed by atoms with Crippen LogP contribution in [0.1, 0.15) is 27.7 Å². The summed E-state index contributed by atoms with van der Waals surface area (Å²) in [6.07, 6.45) is 2.10. The van der Waals surface area contributed by atoms with Gasteiger partial charge in [-0.05, 0) is 33.8 Å². The van der Waals surface area contributed by atoms with Gasteiger partial charge in [0.1, 0.15) is 5.84 Å². The van der Waals surface area contributed by atoms with Crippen molar-refractivity contribution >= 4 is 5.84 Å². The van der Waals surface area contributed by atoms with Crippen LogP contribution in [0.25, 0.3) is 0 Å². The molecule has 0 saturated carbocycles. The van der Waals surface area contributed by atoms with Crippen molar-refractivity contribution in [1.29, 1.82) is 0 Å². The van der Waals surface area contributed by atoms with Crippen LogP contribution in [0.2, 0.25) is 0 Å². The molecule has 0 aromatic heterocycles. The summed E-state index contributed by atoms with van der Waals surface area (Å²) in [4.78, 5) is 6.38. The summed E-state index contributed by atoms with van der Waals surface area (Å²) in [7, 11) is 3.89. The molecule has 0 aliphatic carbocycles. The predicted octanol–water partition coefficient (Wildman–Crippen LogP) is 2.32. The normalized spacial score (nSPS) is 11.8. The van der Waals surface area contributed by atoms with Crippen LogP contribution in [-0.4, -0.2) is 30.9 Å². The van der Waals surface area contributed by atoms with Gasteiger partial charge >= 0.3 is 0 Å². The van der Waals surface area contributed by atoms with Gasteiger partial charge in [-0.2, -0.15) is 0 Å². The van der Waals surface area contributed by atoms with Gasteiger partial charge in [0.15, 0.2) is 0 Å². The van der Waals surface area contributed by atoms with E-state index in [0.29, 0.717) is 6.04 Å². The molecule has 0 unspecified atom stereocenters. The van der Waals surface area contributed by atoms with Gasteiger partial charge in [0, 0.05) is 20.1 Å². The number of hydrogen-bond acceptors (Lipinski definition) is 1. The molecule has 0 radical (unpaired) electrons. The van der Waals surface area contributed by atoms with Crippen LogP contribution in [-0.2, 0) is 0 Å². The number of allylic oxidation sites excluding steroid dienone is 1. The van der Waals surface area contributed by atoms with Gasteiger partial charge < -0.3 is 4.90 Å². The Morgan fingerprint density at radius 1 is 1.33 bits per heavy atom. The molecular weight excluding hydrogens is 148 g/mol. The molecule has 70 valence electrons. The minimum absolute atomic E-state index is 0.499. The first-order valence-corrected chi connectivity index (χ1v) is 4.33. The number of likely N-dealkylation sites (N-methyl/N-ethyl adjacent to an activating group) is 1. The van der Waals surface area contributed by atoms with Gasteiger partial charge in [-0.1, -0.05) is 5.57 Å². The maximum atomic E-state index is 4.22. The first-order chi connectivity index (χ1) is 5.49. The summed E-state index contributed by atoms with van der Waals surface area (Å²) in [5.74, 6) is 1.05. The fourth-order valence-corrected chi connectivity index (χ4v) is 0.847. The highest BCUT2D eigenvalue weighted by Crippen LogP contribution is 2.00. The lowest BCUT2D eigenvalue weighted by Crippen LogP contribution is -2.31. The summed E-state index contributed by atoms with van der Waals surface area (Å²) in [5.41, 5.74) is 1.28. The smallest absolute Gasteiger partial charge is 0.123 e. The summed E-state index contributed by atoms with van der Waals surface area (Å²) in [6.45, 7) is 8.48. The quantitative estimate of drug-likeness (QED) is 0.456. The van der Waals surface area contributed by atoms with Gasteiger partial charge in [0.05, 0.1) is 0 Å². The van der Waals surface area contributed by atoms with Gasteiger partial charge in [-0.3, -0.25) is 4.99 Å². The molecule has 12 heavy (non-hydrogen) atoms. The second-order valence-electron chi connectivity index (χ2n) is 3.51. The number of nitrogens with zero attached hydrogens (tertiary/aromatic N) is 2. The minimum Gasteiger partial charge on any atom is -0.358 e. The van der Waals surface area contributed by atoms with E-state index in [1.165, 1.54) is 5.57 Å². The van der Waals surface area contributed by atoms with Gasteiger partial charge in [0.2, 0.25) is 0 Å². The van der Waals surface area contributed by atoms with Crippen LogP contribution in [0.3, 0.4) is 0 Å². The molecule has 0 fully saturated rings. The Bertz CT molecular complexity index is 186. The summed E-state index contributed by atoms with van der Waals surface area (Å²) in [5, 5.41) is 0. The Kier molecular flexibility index (Phi) is 4.64. The molecule has 0 bridgehead atoms. The van der Waals surface area contributed by atoms with Crippen molar-refractivity contribution in [2.75, 3.05) is 14.1 Å². The molecule has 2 heteroatoms. The molecule has 0 saturated heterocycles. The van der Waals surface area contributed by atoms with E-state index in [1.807, 2.05) is 7.05 Å². The Morgan fingerprint density at radius 2 is 1.83 bits per heavy atom. The molecule has 0 amide bonds. The molecule has 0 aromatic rings. The van der Waals surface area contributed by atoms with Crippen LogP contribution in [0.5, 0.6) is 0 Å². The van der Waals surface area contributed by atoms with Gasteiger partial charge in [0.25, 0.3) is 0 Å². The highest BCUT2D eigenvalue weighted by Gasteiger charge is 2.05. The number of amidine groups is 1. The first kappa shape index (κ1) is 11.2. The molecule has 2 nitrogen and oxygen atoms in total. The van der Waals surface area contributed by atoms with Crippen molar-refractivity contribution in [1.82, 2.24) is 4.90 Å². The van der Waals surface area contributed by atoms with Crippen LogP contribution >= 0.6 is 0 Å². The number of aliphatic imine (C=N–C) groups is 1. The molecular formula is C10H20N2. The van der Waals surface area contributed by atoms with E-state index in [0.717, 1.165) is 5.84 Å². The lowest BCUT2D eigenvalue weighted by molar-refractivity contribution is 0.419. The van der Waals surface area contributed by atoms with E-state index >= 15 is 0 Å². The van der Waals surface area contributed by atoms with E-state index in [-0.39, 0.29) is 0 Å². The Morgan fingerprint density at radius 3 is 2.08 bits per heavy atom. The number of hydrogen-bond donors (Lipinski definition) is 0. The lowest BCUT2D eigenvalue weighted by Gasteiger charge is -2.23. The third-order valence-electron chi connectivity index (χ3n) is 1.78. The predicted molar refractivity (Wildman–Crippen MR) is 55.7 cm³/mol. The minimum atomic E-state index is 0.499. The van der Waals surface area contributed by atoms with Crippen LogP contribution in [0.15, 0.2) is 16.6 Å². The molecule has 0 N–H and O–H groups in total. The van der Waals surface area contributed by atoms with Crippen LogP contribution in [0, 0.1) is 0 Å². The molecule has 0 rings (SSSR count). The second kappa shape index (κ2) is 4.96. The highest BCUT2D eigenvalue weighted by atomic mass is 15.2. The van der Waals surface area contributed by atoms with E-state index in [9.17, 15) is 0 Å². The zero-order valence-electron chi connectivity index (χ0n) is 9.05. The SMILES string of the molecule is C/N=C(/C=C(C)C)N(C)C(C)C. The summed E-state index contributed by atoms with van der Waals surface area (Å²) < 4.78 is 0. The third kappa shape index (κ3) is 3.56. The fourth-order valence-electron chi connectivity index (χ4n) is 0.847. The second-order valence-corrected chi connectivity index (χ2v) is 3.51. The Balaban J connectivity index is 4.49. The monoisotopic (exact) mass is 168 g/mol. The molecule has 0 heterocycles. The zero-order chi connectivity index (χ0) is 9.72. The molecule has 0 spiro atoms. The van der Waals surface area contributed by atoms with Crippen molar-refractivity contribution in [3.05, 3.63) is 11.6 Å². The van der Waals surface area contributed by atoms with Crippen LogP contribution < -0.4 is 0 Å². The van der Waals surface area contributed by atoms with Gasteiger partial charge in [-0.25, -0.2) is 0 Å². The highest BCUT2D eigenvalue weighted by molar-refractivity contribution is 5.93. The van der Waals surface area contributed by atoms with E-state index in [2.05, 4.69) is 50.7 Å². The molecule has 0 atom stereocenters. The Hall–Kier alpha value is -0.790. The van der Waals surface area contributed by atoms with E-state index in [1.54, 1.807) is 0 Å². The maximum absolute atomic E-state index is 4.22. The Labute approximate surface area is 76.0 Å². The molecule has 0 aliphatic rings. The molecule has 0 aliphatic heterocycles. The largest absolute Gasteiger partial charge is 0.358 e. The van der Waals surface area contributed by atoms with Crippen LogP contribution in [0.4, 0.5) is 0 Å². The lowest BCUT2D eigenvalue weighted by atomic mass is 10.2. The topological polar surface area (TPSA) is 15.6 Å². The maximum Gasteiger partial charge on any atom is 0.123 e. The van der Waals surface area contributed by atoms with Crippen molar-refractivity contribution in [3.8, 4) is 0 Å². The zero-order valence-corrected chi connectivity index (χ0v) is 9.05. The summed E-state index contributed by atoms with van der Waals surface area (Å²) in [6, 6.07) is 0.499.